The lowest BCUT2D eigenvalue weighted by Crippen LogP contribution is -2.60. The fourth-order valence-electron chi connectivity index (χ4n) is 3.13. The third kappa shape index (κ3) is 6.38. The van der Waals surface area contributed by atoms with E-state index < -0.39 is 29.9 Å². The zero-order chi connectivity index (χ0) is 26.3. The number of carboxylic acids is 1. The molecule has 0 aliphatic carbocycles. The van der Waals surface area contributed by atoms with Crippen LogP contribution in [0.2, 0.25) is 0 Å². The Morgan fingerprint density at radius 3 is 2.36 bits per heavy atom. The lowest BCUT2D eigenvalue weighted by atomic mass is 10.1. The molecule has 1 amide bonds. The molecule has 3 aromatic carbocycles. The van der Waals surface area contributed by atoms with Gasteiger partial charge in [0.25, 0.3) is 0 Å². The number of hydrogen-bond donors (Lipinski definition) is 5. The van der Waals surface area contributed by atoms with Crippen molar-refractivity contribution in [3.8, 4) is 11.5 Å². The summed E-state index contributed by atoms with van der Waals surface area (Å²) in [5, 5.41) is 11.5. The minimum atomic E-state index is -1.95. The van der Waals surface area contributed by atoms with E-state index >= 15 is 0 Å². The van der Waals surface area contributed by atoms with Gasteiger partial charge in [-0.3, -0.25) is 16.8 Å². The van der Waals surface area contributed by atoms with Crippen LogP contribution in [0.25, 0.3) is 0 Å². The highest BCUT2D eigenvalue weighted by Crippen LogP contribution is 2.27. The van der Waals surface area contributed by atoms with Crippen LogP contribution in [-0.4, -0.2) is 23.1 Å². The highest BCUT2D eigenvalue weighted by molar-refractivity contribution is 5.91. The van der Waals surface area contributed by atoms with Crippen LogP contribution in [0.5, 0.6) is 11.5 Å². The molecule has 8 N–H and O–H groups in total. The van der Waals surface area contributed by atoms with Gasteiger partial charge >= 0.3 is 18.0 Å². The van der Waals surface area contributed by atoms with Gasteiger partial charge in [-0.25, -0.2) is 14.4 Å². The Morgan fingerprint density at radius 2 is 1.69 bits per heavy atom. The lowest BCUT2D eigenvalue weighted by Gasteiger charge is -2.26. The average molecular weight is 492 g/mol. The van der Waals surface area contributed by atoms with Crippen molar-refractivity contribution in [1.82, 2.24) is 5.32 Å². The van der Waals surface area contributed by atoms with E-state index in [1.165, 1.54) is 36.4 Å². The molecule has 0 aromatic heterocycles. The minimum absolute atomic E-state index is 0.182. The van der Waals surface area contributed by atoms with E-state index in [0.717, 1.165) is 6.26 Å². The summed E-state index contributed by atoms with van der Waals surface area (Å²) in [6, 6.07) is 18.0. The monoisotopic (exact) mass is 492 g/mol. The van der Waals surface area contributed by atoms with Crippen LogP contribution < -0.4 is 32.0 Å². The quantitative estimate of drug-likeness (QED) is 0.128. The second-order valence-electron chi connectivity index (χ2n) is 7.48. The maximum atomic E-state index is 12.5. The summed E-state index contributed by atoms with van der Waals surface area (Å²) in [6.07, 6.45) is -1.28. The van der Waals surface area contributed by atoms with Crippen molar-refractivity contribution >= 4 is 23.7 Å². The summed E-state index contributed by atoms with van der Waals surface area (Å²) in [7, 11) is 0. The zero-order valence-corrected chi connectivity index (χ0v) is 18.9. The zero-order valence-electron chi connectivity index (χ0n) is 18.9. The number of carboxylic acid groups (broad SMARTS) is 1. The Balaban J connectivity index is 1.80. The molecule has 1 unspecified atom stereocenters. The van der Waals surface area contributed by atoms with Crippen LogP contribution in [0.1, 0.15) is 27.6 Å². The first-order valence-corrected chi connectivity index (χ1v) is 10.4. The van der Waals surface area contributed by atoms with Crippen molar-refractivity contribution in [2.45, 2.75) is 11.9 Å². The molecule has 0 radical (unpaired) electrons. The molecule has 0 fully saturated rings. The third-order valence-corrected chi connectivity index (χ3v) is 4.85. The molecule has 186 valence electrons. The summed E-state index contributed by atoms with van der Waals surface area (Å²) in [6.45, 7) is 3.38. The lowest BCUT2D eigenvalue weighted by molar-refractivity contribution is -0.146. The smallest absolute Gasteiger partial charge is 0.415 e. The number of amides is 1. The van der Waals surface area contributed by atoms with Gasteiger partial charge in [-0.2, -0.15) is 0 Å². The highest BCUT2D eigenvalue weighted by atomic mass is 16.6. The van der Waals surface area contributed by atoms with Crippen molar-refractivity contribution in [3.63, 3.8) is 0 Å². The number of rotatable bonds is 9. The Hall–Kier alpha value is -4.87. The van der Waals surface area contributed by atoms with Crippen LogP contribution in [0, 0.1) is 0 Å². The molecule has 0 saturated heterocycles. The fourth-order valence-corrected chi connectivity index (χ4v) is 3.13. The first-order valence-electron chi connectivity index (χ1n) is 10.4. The van der Waals surface area contributed by atoms with Gasteiger partial charge in [-0.05, 0) is 36.4 Å². The van der Waals surface area contributed by atoms with Gasteiger partial charge in [0, 0.05) is 16.8 Å². The Morgan fingerprint density at radius 1 is 1.00 bits per heavy atom. The van der Waals surface area contributed by atoms with Crippen molar-refractivity contribution < 1.29 is 33.7 Å². The van der Waals surface area contributed by atoms with Crippen LogP contribution in [-0.2, 0) is 15.3 Å². The predicted octanol–water partition coefficient (Wildman–Crippen LogP) is 2.59. The fraction of sp³-hybridized carbons (Fsp3) is 0.0800. The molecule has 11 heteroatoms. The standard InChI is InChI=1S/C25H24N4O7/c1-2-34-23(32)21(15-10-12-17(26)13-11-15)35-18-7-5-6-16(14-18)25(27,28)29-24(33)36-20-9-4-3-8-19(20)22(30)31/h2-14,21H,1,26-28H2,(H,29,33)(H,30,31). The van der Waals surface area contributed by atoms with Crippen molar-refractivity contribution in [2.75, 3.05) is 5.73 Å². The summed E-state index contributed by atoms with van der Waals surface area (Å²) < 4.78 is 15.8. The minimum Gasteiger partial charge on any atom is -0.478 e. The molecule has 1 atom stereocenters. The maximum Gasteiger partial charge on any atom is 0.415 e. The first-order chi connectivity index (χ1) is 17.1. The molecule has 0 heterocycles. The number of carbonyl (C=O) groups excluding carboxylic acids is 2. The molecule has 3 aromatic rings. The molecule has 0 aliphatic rings. The number of nitrogens with one attached hydrogen (secondary N) is 1. The number of para-hydroxylation sites is 1. The normalized spacial score (nSPS) is 11.6. The maximum absolute atomic E-state index is 12.5. The average Bonchev–Trinajstić information content (AvgIpc) is 2.83. The second kappa shape index (κ2) is 11.0. The third-order valence-electron chi connectivity index (χ3n) is 4.85. The molecule has 0 spiro atoms. The topological polar surface area (TPSA) is 189 Å². The van der Waals surface area contributed by atoms with E-state index in [9.17, 15) is 19.5 Å². The summed E-state index contributed by atoms with van der Waals surface area (Å²) in [4.78, 5) is 36.2. The van der Waals surface area contributed by atoms with Gasteiger partial charge in [0.2, 0.25) is 6.10 Å². The van der Waals surface area contributed by atoms with Gasteiger partial charge in [0.15, 0.2) is 5.79 Å². The summed E-state index contributed by atoms with van der Waals surface area (Å²) in [5.74, 6) is -3.97. The van der Waals surface area contributed by atoms with Crippen LogP contribution in [0.15, 0.2) is 85.6 Å². The Kier molecular flexibility index (Phi) is 7.89. The van der Waals surface area contributed by atoms with Crippen molar-refractivity contribution in [1.29, 1.82) is 0 Å². The van der Waals surface area contributed by atoms with Crippen LogP contribution in [0.4, 0.5) is 10.5 Å². The molecule has 3 rings (SSSR count). The largest absolute Gasteiger partial charge is 0.478 e. The molecular weight excluding hydrogens is 468 g/mol. The van der Waals surface area contributed by atoms with E-state index in [2.05, 4.69) is 11.9 Å². The van der Waals surface area contributed by atoms with E-state index in [1.54, 1.807) is 36.4 Å². The SMILES string of the molecule is C=COC(=O)C(Oc1cccc(C(N)(N)NC(=O)Oc2ccccc2C(=O)O)c1)c1ccc(N)cc1. The van der Waals surface area contributed by atoms with Crippen LogP contribution in [0.3, 0.4) is 0 Å². The van der Waals surface area contributed by atoms with Gasteiger partial charge in [-0.1, -0.05) is 43.0 Å². The predicted molar refractivity (Wildman–Crippen MR) is 130 cm³/mol. The van der Waals surface area contributed by atoms with Crippen molar-refractivity contribution in [3.05, 3.63) is 102 Å². The van der Waals surface area contributed by atoms with Gasteiger partial charge in [0.05, 0.1) is 6.26 Å². The summed E-state index contributed by atoms with van der Waals surface area (Å²) in [5.41, 5.74) is 18.9. The number of ether oxygens (including phenoxy) is 3. The number of nitrogens with two attached hydrogens (primary N) is 3. The second-order valence-corrected chi connectivity index (χ2v) is 7.48. The van der Waals surface area contributed by atoms with E-state index in [4.69, 9.17) is 31.4 Å². The number of carbonyl (C=O) groups is 3. The van der Waals surface area contributed by atoms with Gasteiger partial charge in [0.1, 0.15) is 17.1 Å². The molecule has 0 aliphatic heterocycles. The molecule has 36 heavy (non-hydrogen) atoms. The number of aromatic carboxylic acids is 1. The molecule has 11 nitrogen and oxygen atoms in total. The van der Waals surface area contributed by atoms with Crippen LogP contribution >= 0.6 is 0 Å². The number of nitrogen functional groups attached to an aromatic ring is 1. The molecular formula is C25H24N4O7. The molecule has 0 saturated carbocycles. The molecule has 0 bridgehead atoms. The summed E-state index contributed by atoms with van der Waals surface area (Å²) >= 11 is 0. The van der Waals surface area contributed by atoms with Gasteiger partial charge < -0.3 is 25.1 Å². The van der Waals surface area contributed by atoms with Crippen molar-refractivity contribution in [2.24, 2.45) is 11.5 Å². The highest BCUT2D eigenvalue weighted by Gasteiger charge is 2.28. The Bertz CT molecular complexity index is 1280. The van der Waals surface area contributed by atoms with Gasteiger partial charge in [-0.15, -0.1) is 0 Å². The Labute approximate surface area is 206 Å². The number of benzene rings is 3. The first kappa shape index (κ1) is 25.7. The van der Waals surface area contributed by atoms with E-state index in [0.29, 0.717) is 11.3 Å². The number of hydrogen-bond acceptors (Lipinski definition) is 9. The van der Waals surface area contributed by atoms with E-state index in [1.807, 2.05) is 0 Å². The van der Waals surface area contributed by atoms with E-state index in [-0.39, 0.29) is 22.6 Å². The number of anilines is 1. The number of esters is 1.